The van der Waals surface area contributed by atoms with Crippen molar-refractivity contribution in [1.29, 1.82) is 0 Å². The Balaban J connectivity index is 0.860. The number of unbranched alkanes of at least 4 members (excludes halogenated alkanes) is 2. The number of aromatic nitrogens is 8. The number of fused-ring (bicyclic) bond motifs is 4. The highest BCUT2D eigenvalue weighted by atomic mass is 31.2. The molecule has 4 aliphatic rings. The number of nitrogen functional groups attached to an aromatic ring is 2. The van der Waals surface area contributed by atoms with Gasteiger partial charge in [0.05, 0.1) is 31.9 Å². The number of alkyl carbamates (subject to hydrolysis) is 1. The number of hydrogen-bond donors (Lipinski definition) is 9. The van der Waals surface area contributed by atoms with Crippen molar-refractivity contribution in [3.8, 4) is 0 Å². The predicted molar refractivity (Wildman–Crippen MR) is 311 cm³/mol. The number of imidazole rings is 2. The van der Waals surface area contributed by atoms with Gasteiger partial charge >= 0.3 is 27.3 Å². The largest absolute Gasteiger partial charge is 0.445 e. The number of H-pyrrole nitrogens is 2. The summed E-state index contributed by atoms with van der Waals surface area (Å²) in [6, 6.07) is 3.22. The number of hydrogen-bond acceptors (Lipinski definition) is 25. The number of nitrogens with zero attached hydrogens (tertiary/aromatic N) is 7. The van der Waals surface area contributed by atoms with E-state index in [2.05, 4.69) is 45.9 Å². The first kappa shape index (κ1) is 65.4. The number of urea groups is 1. The number of rotatable bonds is 23. The highest BCUT2D eigenvalue weighted by Gasteiger charge is 2.54. The van der Waals surface area contributed by atoms with Crippen molar-refractivity contribution in [3.63, 3.8) is 0 Å². The Morgan fingerprint density at radius 1 is 0.787 bits per heavy atom. The average molecular weight is 1280 g/mol. The topological polar surface area (TPSA) is 483 Å². The molecule has 34 nitrogen and oxygen atoms in total. The number of anilines is 2. The molecule has 0 aliphatic carbocycles. The van der Waals surface area contributed by atoms with E-state index in [0.29, 0.717) is 30.4 Å². The van der Waals surface area contributed by atoms with E-state index in [1.165, 1.54) is 33.9 Å². The second-order valence-corrected chi connectivity index (χ2v) is 26.2. The van der Waals surface area contributed by atoms with Crippen LogP contribution in [0.2, 0.25) is 0 Å². The molecule has 0 saturated carbocycles. The third-order valence-corrected chi connectivity index (χ3v) is 17.7. The molecule has 4 aromatic heterocycles. The number of Topliss-reactive ketones (excluding diaryl/α,β-unsaturated/α-hetero) is 2. The Kier molecular flexibility index (Phi) is 20.4. The summed E-state index contributed by atoms with van der Waals surface area (Å²) in [5, 5.41) is 19.6. The van der Waals surface area contributed by atoms with Crippen molar-refractivity contribution in [1.82, 2.24) is 59.9 Å². The summed E-state index contributed by atoms with van der Waals surface area (Å²) >= 11 is 0. The highest BCUT2D eigenvalue weighted by molar-refractivity contribution is 7.53. The zero-order chi connectivity index (χ0) is 64.1. The molecule has 5 aromatic rings. The van der Waals surface area contributed by atoms with Crippen LogP contribution in [0.5, 0.6) is 0 Å². The number of aromatic amines is 2. The summed E-state index contributed by atoms with van der Waals surface area (Å²) in [6.07, 6.45) is -4.59. The minimum absolute atomic E-state index is 0.0698. The molecule has 1 aromatic carbocycles. The van der Waals surface area contributed by atoms with Crippen LogP contribution < -0.4 is 44.3 Å². The van der Waals surface area contributed by atoms with E-state index in [0.717, 1.165) is 18.2 Å². The van der Waals surface area contributed by atoms with E-state index < -0.39 is 119 Å². The molecular weight excluding hydrogens is 1210 g/mol. The molecule has 12 N–H and O–H groups in total. The van der Waals surface area contributed by atoms with Crippen LogP contribution in [0.4, 0.5) is 21.5 Å². The molecule has 8 heterocycles. The lowest BCUT2D eigenvalue weighted by atomic mass is 9.88. The first-order chi connectivity index (χ1) is 42.2. The van der Waals surface area contributed by atoms with Crippen LogP contribution in [-0.4, -0.2) is 173 Å². The second-order valence-electron chi connectivity index (χ2n) is 22.2. The van der Waals surface area contributed by atoms with Crippen LogP contribution in [0.1, 0.15) is 82.4 Å². The summed E-state index contributed by atoms with van der Waals surface area (Å²) in [5.74, 6) is -3.39. The molecule has 0 radical (unpaired) electrons. The van der Waals surface area contributed by atoms with Gasteiger partial charge in [-0.2, -0.15) is 9.97 Å². The van der Waals surface area contributed by atoms with E-state index in [-0.39, 0.29) is 115 Å². The van der Waals surface area contributed by atoms with E-state index >= 15 is 0 Å². The van der Waals surface area contributed by atoms with Crippen LogP contribution in [0.15, 0.2) is 58.7 Å². The van der Waals surface area contributed by atoms with Gasteiger partial charge in [-0.05, 0) is 42.7 Å². The molecule has 89 heavy (non-hydrogen) atoms. The molecule has 3 fully saturated rings. The number of aliphatic hydroxyl groups is 1. The molecule has 6 amide bonds. The van der Waals surface area contributed by atoms with Crippen molar-refractivity contribution < 1.29 is 80.1 Å². The fourth-order valence-electron chi connectivity index (χ4n) is 10.7. The van der Waals surface area contributed by atoms with Gasteiger partial charge in [0.1, 0.15) is 49.0 Å². The van der Waals surface area contributed by atoms with Crippen LogP contribution in [0, 0.1) is 11.8 Å². The number of imide groups is 1. The molecule has 36 heteroatoms. The van der Waals surface area contributed by atoms with E-state index in [4.69, 9.17) is 49.5 Å². The molecule has 4 unspecified atom stereocenters. The molecule has 4 aliphatic heterocycles. The van der Waals surface area contributed by atoms with Crippen molar-refractivity contribution in [2.75, 3.05) is 51.1 Å². The number of amides is 6. The summed E-state index contributed by atoms with van der Waals surface area (Å²) in [6.45, 7) is 4.54. The third-order valence-electron chi connectivity index (χ3n) is 15.2. The lowest BCUT2D eigenvalue weighted by Crippen LogP contribution is -2.48. The van der Waals surface area contributed by atoms with Gasteiger partial charge in [0, 0.05) is 63.8 Å². The number of primary amides is 1. The zero-order valence-corrected chi connectivity index (χ0v) is 50.5. The SMILES string of the molecule is CC(C)[C@H](CC(=O)CCCCCN1C(=O)C=CC1=O)C(=O)N[C@@H](CCCNC(N)=O)C(=O)Cc1ccc(COC(=O)NC2[C@H]3OP(C)(=O)OC[C@H]4O[C@@H](n5cnc6c(=O)[nH]c(N)nc65)[C@@H](O)C4OP(C)(=O)OC[C@H]3O[C@H]2n2cnc3c(=O)[nH]c(N)nc32)cc1. The first-order valence-electron chi connectivity index (χ1n) is 28.4. The summed E-state index contributed by atoms with van der Waals surface area (Å²) in [5.41, 5.74) is 16.1. The van der Waals surface area contributed by atoms with Gasteiger partial charge in [0.25, 0.3) is 22.9 Å². The highest BCUT2D eigenvalue weighted by Crippen LogP contribution is 2.54. The molecular formula is C53H69N15O19P2. The Bertz CT molecular complexity index is 3740. The Hall–Kier alpha value is -8.07. The number of carbonyl (C=O) groups is 7. The number of carbonyl (C=O) groups excluding carboxylic acids is 7. The number of nitrogens with two attached hydrogens (primary N) is 3. The van der Waals surface area contributed by atoms with Gasteiger partial charge in [0.2, 0.25) is 17.8 Å². The van der Waals surface area contributed by atoms with Gasteiger partial charge in [-0.3, -0.25) is 71.2 Å². The van der Waals surface area contributed by atoms with Gasteiger partial charge in [-0.1, -0.05) is 44.5 Å². The molecule has 3 saturated heterocycles. The minimum atomic E-state index is -4.33. The number of ketones is 2. The van der Waals surface area contributed by atoms with E-state index in [1.54, 1.807) is 38.1 Å². The standard InChI is InChI=1S/C53H69N15O19P2/c1-26(2)30(20-29(69)9-6-5-7-18-66-35(71)15-16-36(66)72)45(74)60-31(10-8-17-57-52(56)77)32(70)19-27-11-13-28(14-12-27)21-81-53(78)61-37-41-33(84-48(37)67-24-58-38-43(67)62-50(54)64-46(38)75)22-82-89(4,80)87-42-34(23-83-88(3,79)86-41)85-49(40(42)73)68-25-59-39-44(68)63-51(55)65-47(39)76/h11-16,24-26,30-31,33-34,37,40-42,48-49,73H,5-10,17-23H2,1-4H3,(H,60,74)(H,61,78)(H3,56,57,77)(H3,54,62,64,75)(H3,55,63,65,76)/t30-,31-,33+,34+,37?,40-,41-,42?,48+,49+,88?,89?/m0/s1. The van der Waals surface area contributed by atoms with Crippen molar-refractivity contribution in [3.05, 3.63) is 80.9 Å². The van der Waals surface area contributed by atoms with E-state index in [9.17, 15) is 57.4 Å². The first-order valence-corrected chi connectivity index (χ1v) is 32.4. The zero-order valence-electron chi connectivity index (χ0n) is 48.7. The summed E-state index contributed by atoms with van der Waals surface area (Å²) in [7, 11) is -8.60. The predicted octanol–water partition coefficient (Wildman–Crippen LogP) is 1.09. The molecule has 12 atom stereocenters. The summed E-state index contributed by atoms with van der Waals surface area (Å²) < 4.78 is 73.3. The summed E-state index contributed by atoms with van der Waals surface area (Å²) in [4.78, 5) is 138. The Morgan fingerprint density at radius 3 is 1.94 bits per heavy atom. The smallest absolute Gasteiger partial charge is 0.407 e. The van der Waals surface area contributed by atoms with Crippen LogP contribution in [0.3, 0.4) is 0 Å². The van der Waals surface area contributed by atoms with Gasteiger partial charge in [-0.25, -0.2) is 19.6 Å². The third kappa shape index (κ3) is 15.9. The fraction of sp³-hybridized carbons (Fsp3) is 0.528. The normalized spacial score (nSPS) is 26.1. The maximum atomic E-state index is 14.5. The van der Waals surface area contributed by atoms with Crippen molar-refractivity contribution >= 4 is 90.8 Å². The number of benzene rings is 1. The van der Waals surface area contributed by atoms with E-state index in [1.807, 2.05) is 0 Å². The number of nitrogens with one attached hydrogen (secondary N) is 5. The average Bonchev–Trinajstić information content (AvgIpc) is 1.90. The lowest BCUT2D eigenvalue weighted by Gasteiger charge is -2.30. The van der Waals surface area contributed by atoms with Crippen LogP contribution >= 0.6 is 15.2 Å². The lowest BCUT2D eigenvalue weighted by molar-refractivity contribution is -0.137. The number of aliphatic hydroxyl groups excluding tert-OH is 1. The quantitative estimate of drug-likeness (QED) is 0.0251. The van der Waals surface area contributed by atoms with Gasteiger partial charge < -0.3 is 66.0 Å². The monoisotopic (exact) mass is 1280 g/mol. The van der Waals surface area contributed by atoms with Crippen LogP contribution in [0.25, 0.3) is 22.3 Å². The second kappa shape index (κ2) is 27.8. The Morgan fingerprint density at radius 2 is 1.35 bits per heavy atom. The molecule has 0 bridgehead atoms. The van der Waals surface area contributed by atoms with Gasteiger partial charge in [0.15, 0.2) is 40.6 Å². The molecule has 9 rings (SSSR count). The molecule has 0 spiro atoms. The Labute approximate surface area is 505 Å². The van der Waals surface area contributed by atoms with Crippen molar-refractivity contribution in [2.45, 2.75) is 127 Å². The maximum absolute atomic E-state index is 14.5. The fourth-order valence-corrected chi connectivity index (χ4v) is 13.1. The minimum Gasteiger partial charge on any atom is -0.445 e. The van der Waals surface area contributed by atoms with Crippen LogP contribution in [-0.2, 0) is 78.4 Å². The molecule has 480 valence electrons. The number of ether oxygens (including phenoxy) is 3. The van der Waals surface area contributed by atoms with Crippen molar-refractivity contribution in [2.24, 2.45) is 17.6 Å². The van der Waals surface area contributed by atoms with Gasteiger partial charge in [-0.15, -0.1) is 0 Å². The maximum Gasteiger partial charge on any atom is 0.407 e.